The molecule has 1 aliphatic carbocycles. The summed E-state index contributed by atoms with van der Waals surface area (Å²) in [4.78, 5) is 0. The van der Waals surface area contributed by atoms with Gasteiger partial charge < -0.3 is 4.57 Å². The molecule has 1 aliphatic rings. The Morgan fingerprint density at radius 3 is 2.64 bits per heavy atom. The highest BCUT2D eigenvalue weighted by molar-refractivity contribution is 7.71. The van der Waals surface area contributed by atoms with Gasteiger partial charge in [0.1, 0.15) is 5.82 Å². The van der Waals surface area contributed by atoms with E-state index < -0.39 is 0 Å². The number of H-pyrrole nitrogens is 1. The first-order chi connectivity index (χ1) is 6.77. The number of aromatic nitrogens is 3. The molecule has 0 amide bonds. The van der Waals surface area contributed by atoms with Crippen LogP contribution >= 0.6 is 12.2 Å². The van der Waals surface area contributed by atoms with Crippen molar-refractivity contribution in [2.24, 2.45) is 0 Å². The van der Waals surface area contributed by atoms with Crippen LogP contribution in [-0.4, -0.2) is 14.8 Å². The molecule has 1 aromatic heterocycles. The molecule has 0 unspecified atom stereocenters. The molecule has 0 spiro atoms. The summed E-state index contributed by atoms with van der Waals surface area (Å²) in [7, 11) is 0. The van der Waals surface area contributed by atoms with Crippen molar-refractivity contribution in [3.05, 3.63) is 10.6 Å². The number of hydrogen-bond donors (Lipinski definition) is 1. The van der Waals surface area contributed by atoms with Gasteiger partial charge in [0.25, 0.3) is 0 Å². The molecular formula is C10H17N3S. The van der Waals surface area contributed by atoms with Gasteiger partial charge in [-0.15, -0.1) is 0 Å². The molecule has 78 valence electrons. The smallest absolute Gasteiger partial charge is 0.195 e. The van der Waals surface area contributed by atoms with E-state index in [0.717, 1.165) is 17.6 Å². The third-order valence-corrected chi connectivity index (χ3v) is 3.28. The molecule has 0 radical (unpaired) electrons. The minimum Gasteiger partial charge on any atom is -0.301 e. The quantitative estimate of drug-likeness (QED) is 0.776. The molecule has 0 saturated heterocycles. The van der Waals surface area contributed by atoms with Gasteiger partial charge in [-0.2, -0.15) is 5.10 Å². The summed E-state index contributed by atoms with van der Waals surface area (Å²) < 4.78 is 3.03. The monoisotopic (exact) mass is 211 g/mol. The van der Waals surface area contributed by atoms with Gasteiger partial charge in [-0.05, 0) is 37.9 Å². The van der Waals surface area contributed by atoms with Crippen molar-refractivity contribution in [3.63, 3.8) is 0 Å². The van der Waals surface area contributed by atoms with Crippen molar-refractivity contribution >= 4 is 12.2 Å². The molecule has 2 rings (SSSR count). The molecule has 4 heteroatoms. The number of hydrogen-bond acceptors (Lipinski definition) is 2. The molecule has 1 N–H and O–H groups in total. The summed E-state index contributed by atoms with van der Waals surface area (Å²) >= 11 is 5.25. The Labute approximate surface area is 89.5 Å². The van der Waals surface area contributed by atoms with Gasteiger partial charge in [-0.25, -0.2) is 0 Å². The molecule has 0 atom stereocenters. The highest BCUT2D eigenvalue weighted by atomic mass is 32.1. The molecule has 3 nitrogen and oxygen atoms in total. The van der Waals surface area contributed by atoms with Gasteiger partial charge in [0.05, 0.1) is 0 Å². The average Bonchev–Trinajstić information content (AvgIpc) is 2.95. The zero-order valence-corrected chi connectivity index (χ0v) is 9.60. The maximum absolute atomic E-state index is 5.25. The van der Waals surface area contributed by atoms with Crippen LogP contribution in [0.4, 0.5) is 0 Å². The van der Waals surface area contributed by atoms with E-state index >= 15 is 0 Å². The third-order valence-electron chi connectivity index (χ3n) is 2.99. The summed E-state index contributed by atoms with van der Waals surface area (Å²) in [6.07, 6.45) is 4.81. The maximum Gasteiger partial charge on any atom is 0.195 e. The van der Waals surface area contributed by atoms with Crippen LogP contribution in [-0.2, 0) is 0 Å². The van der Waals surface area contributed by atoms with Crippen LogP contribution in [0.2, 0.25) is 0 Å². The molecule has 14 heavy (non-hydrogen) atoms. The topological polar surface area (TPSA) is 33.6 Å². The van der Waals surface area contributed by atoms with Crippen molar-refractivity contribution in [1.82, 2.24) is 14.8 Å². The lowest BCUT2D eigenvalue weighted by Crippen LogP contribution is -2.07. The van der Waals surface area contributed by atoms with Crippen molar-refractivity contribution in [2.45, 2.75) is 51.5 Å². The molecule has 1 fully saturated rings. The van der Waals surface area contributed by atoms with Crippen LogP contribution < -0.4 is 0 Å². The van der Waals surface area contributed by atoms with Crippen LogP contribution in [0.15, 0.2) is 0 Å². The summed E-state index contributed by atoms with van der Waals surface area (Å²) in [6.45, 7) is 4.42. The Bertz CT molecular complexity index is 358. The molecule has 0 bridgehead atoms. The molecule has 1 saturated carbocycles. The Morgan fingerprint density at radius 2 is 2.14 bits per heavy atom. The van der Waals surface area contributed by atoms with E-state index in [-0.39, 0.29) is 0 Å². The van der Waals surface area contributed by atoms with Crippen molar-refractivity contribution in [2.75, 3.05) is 0 Å². The predicted octanol–water partition coefficient (Wildman–Crippen LogP) is 3.18. The van der Waals surface area contributed by atoms with Gasteiger partial charge in [0.2, 0.25) is 0 Å². The lowest BCUT2D eigenvalue weighted by Gasteiger charge is -2.12. The minimum absolute atomic E-state index is 0.559. The van der Waals surface area contributed by atoms with Gasteiger partial charge >= 0.3 is 0 Å². The highest BCUT2D eigenvalue weighted by Gasteiger charge is 2.29. The first-order valence-corrected chi connectivity index (χ1v) is 5.85. The van der Waals surface area contributed by atoms with E-state index in [9.17, 15) is 0 Å². The fourth-order valence-electron chi connectivity index (χ4n) is 1.94. The largest absolute Gasteiger partial charge is 0.301 e. The Balaban J connectivity index is 2.36. The van der Waals surface area contributed by atoms with E-state index in [2.05, 4.69) is 28.6 Å². The number of nitrogens with one attached hydrogen (secondary N) is 1. The zero-order chi connectivity index (χ0) is 10.1. The van der Waals surface area contributed by atoms with Gasteiger partial charge in [0, 0.05) is 12.0 Å². The van der Waals surface area contributed by atoms with E-state index in [4.69, 9.17) is 12.2 Å². The first-order valence-electron chi connectivity index (χ1n) is 5.44. The molecule has 0 aliphatic heterocycles. The number of aromatic amines is 1. The van der Waals surface area contributed by atoms with Crippen molar-refractivity contribution < 1.29 is 0 Å². The summed E-state index contributed by atoms with van der Waals surface area (Å²) in [6, 6.07) is 0.636. The molecule has 1 aromatic rings. The van der Waals surface area contributed by atoms with Gasteiger partial charge in [-0.1, -0.05) is 13.8 Å². The fraction of sp³-hybridized carbons (Fsp3) is 0.800. The van der Waals surface area contributed by atoms with Crippen LogP contribution in [0, 0.1) is 4.77 Å². The Morgan fingerprint density at radius 1 is 1.50 bits per heavy atom. The fourth-order valence-corrected chi connectivity index (χ4v) is 2.23. The minimum atomic E-state index is 0.559. The Kier molecular flexibility index (Phi) is 2.72. The standard InChI is InChI=1S/C10H17N3S/c1-3-7(4-2)9-11-12-10(14)13(9)8-5-6-8/h7-8H,3-6H2,1-2H3,(H,12,14). The van der Waals surface area contributed by atoms with Crippen LogP contribution in [0.5, 0.6) is 0 Å². The summed E-state index contributed by atoms with van der Waals surface area (Å²) in [5, 5.41) is 7.29. The maximum atomic E-state index is 5.25. The van der Waals surface area contributed by atoms with Crippen LogP contribution in [0.1, 0.15) is 57.3 Å². The van der Waals surface area contributed by atoms with E-state index in [1.165, 1.54) is 18.7 Å². The van der Waals surface area contributed by atoms with E-state index in [1.807, 2.05) is 0 Å². The Hall–Kier alpha value is -0.640. The van der Waals surface area contributed by atoms with Crippen molar-refractivity contribution in [1.29, 1.82) is 0 Å². The number of nitrogens with zero attached hydrogens (tertiary/aromatic N) is 2. The van der Waals surface area contributed by atoms with E-state index in [0.29, 0.717) is 12.0 Å². The molecule has 1 heterocycles. The normalized spacial score (nSPS) is 16.5. The first kappa shape index (κ1) is 9.90. The van der Waals surface area contributed by atoms with Gasteiger partial charge in [-0.3, -0.25) is 5.10 Å². The summed E-state index contributed by atoms with van der Waals surface area (Å²) in [5.74, 6) is 1.73. The second-order valence-corrected chi connectivity index (χ2v) is 4.39. The predicted molar refractivity (Wildman–Crippen MR) is 59.0 cm³/mol. The zero-order valence-electron chi connectivity index (χ0n) is 8.79. The van der Waals surface area contributed by atoms with Crippen LogP contribution in [0.3, 0.4) is 0 Å². The second kappa shape index (κ2) is 3.85. The molecular weight excluding hydrogens is 194 g/mol. The molecule has 0 aromatic carbocycles. The van der Waals surface area contributed by atoms with Crippen molar-refractivity contribution in [3.8, 4) is 0 Å². The number of rotatable bonds is 4. The highest BCUT2D eigenvalue weighted by Crippen LogP contribution is 2.38. The lowest BCUT2D eigenvalue weighted by molar-refractivity contribution is 0.549. The SMILES string of the molecule is CCC(CC)c1n[nH]c(=S)n1C1CC1. The van der Waals surface area contributed by atoms with E-state index in [1.54, 1.807) is 0 Å². The average molecular weight is 211 g/mol. The summed E-state index contributed by atoms with van der Waals surface area (Å²) in [5.41, 5.74) is 0. The lowest BCUT2D eigenvalue weighted by atomic mass is 10.0. The second-order valence-electron chi connectivity index (χ2n) is 4.00. The van der Waals surface area contributed by atoms with Gasteiger partial charge in [0.15, 0.2) is 4.77 Å². The van der Waals surface area contributed by atoms with Crippen LogP contribution in [0.25, 0.3) is 0 Å². The third kappa shape index (κ3) is 1.63.